The van der Waals surface area contributed by atoms with Gasteiger partial charge in [0, 0.05) is 11.1 Å². The van der Waals surface area contributed by atoms with E-state index in [2.05, 4.69) is 32.2 Å². The van der Waals surface area contributed by atoms with Crippen LogP contribution in [0.1, 0.15) is 32.4 Å². The molecule has 0 aliphatic carbocycles. The van der Waals surface area contributed by atoms with Gasteiger partial charge in [-0.1, -0.05) is 49.7 Å². The summed E-state index contributed by atoms with van der Waals surface area (Å²) < 4.78 is 5.87. The fraction of sp³-hybridized carbons (Fsp3) is 0.333. The van der Waals surface area contributed by atoms with E-state index in [1.807, 2.05) is 42.5 Å². The number of rotatable bonds is 6. The second-order valence-electron chi connectivity index (χ2n) is 5.62. The van der Waals surface area contributed by atoms with Crippen LogP contribution in [0.4, 0.5) is 5.69 Å². The van der Waals surface area contributed by atoms with Crippen LogP contribution in [0.2, 0.25) is 5.02 Å². The third-order valence-electron chi connectivity index (χ3n) is 3.18. The molecule has 0 aromatic heterocycles. The Morgan fingerprint density at radius 3 is 2.52 bits per heavy atom. The van der Waals surface area contributed by atoms with Gasteiger partial charge in [-0.25, -0.2) is 0 Å². The molecule has 0 aliphatic rings. The van der Waals surface area contributed by atoms with Crippen molar-refractivity contribution in [1.82, 2.24) is 0 Å². The van der Waals surface area contributed by atoms with Crippen molar-refractivity contribution in [3.8, 4) is 5.75 Å². The van der Waals surface area contributed by atoms with E-state index in [1.54, 1.807) is 0 Å². The molecule has 2 aromatic rings. The molecule has 0 spiro atoms. The highest BCUT2D eigenvalue weighted by molar-refractivity contribution is 6.30. The first-order valence-corrected chi connectivity index (χ1v) is 7.68. The molecule has 1 N–H and O–H groups in total. The average molecular weight is 304 g/mol. The number of nitrogens with one attached hydrogen (secondary N) is 1. The Hall–Kier alpha value is -1.67. The molecule has 0 fully saturated rings. The Kier molecular flexibility index (Phi) is 5.51. The molecular weight excluding hydrogens is 282 g/mol. The van der Waals surface area contributed by atoms with E-state index in [1.165, 1.54) is 0 Å². The lowest BCUT2D eigenvalue weighted by atomic mass is 10.1. The maximum atomic E-state index is 6.06. The van der Waals surface area contributed by atoms with Gasteiger partial charge in [0.15, 0.2) is 0 Å². The summed E-state index contributed by atoms with van der Waals surface area (Å²) in [6.07, 6.45) is 0. The van der Waals surface area contributed by atoms with Gasteiger partial charge < -0.3 is 10.1 Å². The molecule has 0 radical (unpaired) electrons. The number of hydrogen-bond donors (Lipinski definition) is 1. The maximum absolute atomic E-state index is 6.06. The second-order valence-corrected chi connectivity index (χ2v) is 6.06. The quantitative estimate of drug-likeness (QED) is 0.755. The summed E-state index contributed by atoms with van der Waals surface area (Å²) in [6.45, 7) is 7.12. The number of ether oxygens (including phenoxy) is 1. The number of benzene rings is 2. The third-order valence-corrected chi connectivity index (χ3v) is 3.42. The summed E-state index contributed by atoms with van der Waals surface area (Å²) in [5.74, 6) is 1.39. The lowest BCUT2D eigenvalue weighted by molar-refractivity contribution is 0.272. The lowest BCUT2D eigenvalue weighted by Crippen LogP contribution is -2.10. The van der Waals surface area contributed by atoms with Crippen LogP contribution < -0.4 is 10.1 Å². The van der Waals surface area contributed by atoms with Crippen molar-refractivity contribution in [2.24, 2.45) is 5.92 Å². The van der Waals surface area contributed by atoms with E-state index >= 15 is 0 Å². The van der Waals surface area contributed by atoms with Crippen LogP contribution >= 0.6 is 11.6 Å². The predicted octanol–water partition coefficient (Wildman–Crippen LogP) is 5.55. The molecule has 0 amide bonds. The van der Waals surface area contributed by atoms with Crippen LogP contribution in [-0.2, 0) is 0 Å². The van der Waals surface area contributed by atoms with Crippen LogP contribution in [0, 0.1) is 5.92 Å². The van der Waals surface area contributed by atoms with Crippen LogP contribution in [0.5, 0.6) is 5.75 Å². The number of para-hydroxylation sites is 2. The molecule has 0 saturated carbocycles. The normalized spacial score (nSPS) is 12.2. The van der Waals surface area contributed by atoms with Crippen molar-refractivity contribution < 1.29 is 4.74 Å². The van der Waals surface area contributed by atoms with E-state index in [0.29, 0.717) is 12.5 Å². The third kappa shape index (κ3) is 4.68. The van der Waals surface area contributed by atoms with Gasteiger partial charge in [0.2, 0.25) is 0 Å². The second kappa shape index (κ2) is 7.37. The topological polar surface area (TPSA) is 21.3 Å². The highest BCUT2D eigenvalue weighted by Gasteiger charge is 2.09. The predicted molar refractivity (Wildman–Crippen MR) is 90.3 cm³/mol. The van der Waals surface area contributed by atoms with Gasteiger partial charge >= 0.3 is 0 Å². The van der Waals surface area contributed by atoms with Crippen LogP contribution in [-0.4, -0.2) is 6.61 Å². The van der Waals surface area contributed by atoms with Crippen molar-refractivity contribution in [1.29, 1.82) is 0 Å². The van der Waals surface area contributed by atoms with Gasteiger partial charge in [-0.3, -0.25) is 0 Å². The molecular formula is C18H22ClNO. The summed E-state index contributed by atoms with van der Waals surface area (Å²) >= 11 is 6.06. The minimum Gasteiger partial charge on any atom is -0.491 e. The molecule has 0 aliphatic heterocycles. The highest BCUT2D eigenvalue weighted by atomic mass is 35.5. The average Bonchev–Trinajstić information content (AvgIpc) is 2.46. The van der Waals surface area contributed by atoms with Crippen LogP contribution in [0.3, 0.4) is 0 Å². The van der Waals surface area contributed by atoms with Gasteiger partial charge in [-0.05, 0) is 42.7 Å². The molecule has 1 atom stereocenters. The Bertz CT molecular complexity index is 583. The van der Waals surface area contributed by atoms with Crippen molar-refractivity contribution in [3.63, 3.8) is 0 Å². The minimum absolute atomic E-state index is 0.160. The zero-order chi connectivity index (χ0) is 15.2. The summed E-state index contributed by atoms with van der Waals surface area (Å²) in [5.41, 5.74) is 2.16. The monoisotopic (exact) mass is 303 g/mol. The Labute approximate surface area is 132 Å². The molecule has 0 bridgehead atoms. The smallest absolute Gasteiger partial charge is 0.142 e. The van der Waals surface area contributed by atoms with E-state index < -0.39 is 0 Å². The van der Waals surface area contributed by atoms with Gasteiger partial charge in [0.05, 0.1) is 12.3 Å². The highest BCUT2D eigenvalue weighted by Crippen LogP contribution is 2.29. The van der Waals surface area contributed by atoms with E-state index in [9.17, 15) is 0 Å². The van der Waals surface area contributed by atoms with Gasteiger partial charge in [0.25, 0.3) is 0 Å². The minimum atomic E-state index is 0.160. The molecule has 21 heavy (non-hydrogen) atoms. The van der Waals surface area contributed by atoms with E-state index in [-0.39, 0.29) is 6.04 Å². The van der Waals surface area contributed by atoms with E-state index in [0.717, 1.165) is 22.0 Å². The van der Waals surface area contributed by atoms with E-state index in [4.69, 9.17) is 16.3 Å². The molecule has 0 heterocycles. The Balaban J connectivity index is 2.11. The van der Waals surface area contributed by atoms with Crippen molar-refractivity contribution in [2.45, 2.75) is 26.8 Å². The molecule has 2 aromatic carbocycles. The summed E-state index contributed by atoms with van der Waals surface area (Å²) in [5, 5.41) is 4.25. The molecule has 2 rings (SSSR count). The number of hydrogen-bond acceptors (Lipinski definition) is 2. The summed E-state index contributed by atoms with van der Waals surface area (Å²) in [7, 11) is 0. The van der Waals surface area contributed by atoms with Gasteiger partial charge in [0.1, 0.15) is 5.75 Å². The fourth-order valence-electron chi connectivity index (χ4n) is 2.06. The van der Waals surface area contributed by atoms with Crippen molar-refractivity contribution in [2.75, 3.05) is 11.9 Å². The number of anilines is 1. The SMILES string of the molecule is CC(C)COc1ccccc1NC(C)c1cccc(Cl)c1. The first-order chi connectivity index (χ1) is 10.1. The van der Waals surface area contributed by atoms with Crippen LogP contribution in [0.25, 0.3) is 0 Å². The summed E-state index contributed by atoms with van der Waals surface area (Å²) in [4.78, 5) is 0. The number of halogens is 1. The first-order valence-electron chi connectivity index (χ1n) is 7.30. The van der Waals surface area contributed by atoms with Crippen LogP contribution in [0.15, 0.2) is 48.5 Å². The molecule has 3 heteroatoms. The molecule has 2 nitrogen and oxygen atoms in total. The van der Waals surface area contributed by atoms with Gasteiger partial charge in [-0.2, -0.15) is 0 Å². The summed E-state index contributed by atoms with van der Waals surface area (Å²) in [6, 6.07) is 16.1. The lowest BCUT2D eigenvalue weighted by Gasteiger charge is -2.19. The molecule has 0 saturated heterocycles. The zero-order valence-electron chi connectivity index (χ0n) is 12.8. The fourth-order valence-corrected chi connectivity index (χ4v) is 2.26. The maximum Gasteiger partial charge on any atom is 0.142 e. The van der Waals surface area contributed by atoms with Gasteiger partial charge in [-0.15, -0.1) is 0 Å². The zero-order valence-corrected chi connectivity index (χ0v) is 13.5. The largest absolute Gasteiger partial charge is 0.491 e. The standard InChI is InChI=1S/C18H22ClNO/c1-13(2)12-21-18-10-5-4-9-17(18)20-14(3)15-7-6-8-16(19)11-15/h4-11,13-14,20H,12H2,1-3H3. The Morgan fingerprint density at radius 1 is 1.05 bits per heavy atom. The molecule has 1 unspecified atom stereocenters. The van der Waals surface area contributed by atoms with Crippen molar-refractivity contribution in [3.05, 3.63) is 59.1 Å². The van der Waals surface area contributed by atoms with Crippen molar-refractivity contribution >= 4 is 17.3 Å². The Morgan fingerprint density at radius 2 is 1.81 bits per heavy atom. The molecule has 112 valence electrons. The first kappa shape index (κ1) is 15.7.